The molecule has 0 radical (unpaired) electrons. The van der Waals surface area contributed by atoms with Crippen molar-refractivity contribution >= 4 is 11.4 Å². The average Bonchev–Trinajstić information content (AvgIpc) is 2.48. The number of para-hydroxylation sites is 1. The van der Waals surface area contributed by atoms with E-state index in [1.807, 2.05) is 43.3 Å². The molecular formula is C17H19NO. The van der Waals surface area contributed by atoms with Crippen molar-refractivity contribution in [3.63, 3.8) is 0 Å². The molecule has 0 aliphatic carbocycles. The molecule has 2 nitrogen and oxygen atoms in total. The molecule has 0 fully saturated rings. The van der Waals surface area contributed by atoms with Gasteiger partial charge in [-0.1, -0.05) is 48.5 Å². The van der Waals surface area contributed by atoms with Crippen LogP contribution in [0, 0.1) is 0 Å². The van der Waals surface area contributed by atoms with Crippen LogP contribution in [-0.2, 0) is 4.74 Å². The van der Waals surface area contributed by atoms with Crippen LogP contribution in [0.5, 0.6) is 0 Å². The lowest BCUT2D eigenvalue weighted by Gasteiger charge is -2.11. The summed E-state index contributed by atoms with van der Waals surface area (Å²) in [6, 6.07) is 20.4. The maximum atomic E-state index is 5.41. The first kappa shape index (κ1) is 13.4. The predicted molar refractivity (Wildman–Crippen MR) is 81.0 cm³/mol. The van der Waals surface area contributed by atoms with Gasteiger partial charge in [0.2, 0.25) is 0 Å². The van der Waals surface area contributed by atoms with E-state index in [9.17, 15) is 0 Å². The third kappa shape index (κ3) is 4.27. The van der Waals surface area contributed by atoms with Crippen molar-refractivity contribution in [3.8, 4) is 0 Å². The van der Waals surface area contributed by atoms with Gasteiger partial charge in [-0.3, -0.25) is 0 Å². The van der Waals surface area contributed by atoms with E-state index >= 15 is 0 Å². The Labute approximate surface area is 114 Å². The molecule has 0 aliphatic rings. The van der Waals surface area contributed by atoms with Gasteiger partial charge >= 0.3 is 0 Å². The predicted octanol–water partition coefficient (Wildman–Crippen LogP) is 4.18. The van der Waals surface area contributed by atoms with Crippen LogP contribution in [-0.4, -0.2) is 13.2 Å². The van der Waals surface area contributed by atoms with Gasteiger partial charge in [0.05, 0.1) is 6.61 Å². The first-order chi connectivity index (χ1) is 9.40. The van der Waals surface area contributed by atoms with Crippen molar-refractivity contribution in [1.82, 2.24) is 0 Å². The number of anilines is 1. The fourth-order valence-corrected chi connectivity index (χ4v) is 1.80. The van der Waals surface area contributed by atoms with E-state index in [0.29, 0.717) is 6.61 Å². The standard InChI is InChI=1S/C17H19NO/c1-2-19-14-13-17(15-9-5-3-6-10-15)18-16-11-7-4-8-12-16/h3-13,18H,2,14H2,1H3/b17-13-. The first-order valence-corrected chi connectivity index (χ1v) is 6.55. The molecule has 0 spiro atoms. The Kier molecular flexibility index (Phi) is 5.20. The van der Waals surface area contributed by atoms with Crippen LogP contribution in [0.3, 0.4) is 0 Å². The second-order valence-electron chi connectivity index (χ2n) is 4.13. The number of nitrogens with one attached hydrogen (secondary N) is 1. The molecule has 2 aromatic rings. The Bertz CT molecular complexity index is 505. The zero-order valence-electron chi connectivity index (χ0n) is 11.2. The molecule has 2 heteroatoms. The van der Waals surface area contributed by atoms with Gasteiger partial charge < -0.3 is 10.1 Å². The topological polar surface area (TPSA) is 21.3 Å². The molecule has 2 aromatic carbocycles. The molecule has 0 atom stereocenters. The molecule has 0 saturated heterocycles. The Morgan fingerprint density at radius 3 is 2.26 bits per heavy atom. The summed E-state index contributed by atoms with van der Waals surface area (Å²) >= 11 is 0. The van der Waals surface area contributed by atoms with Gasteiger partial charge in [-0.15, -0.1) is 0 Å². The number of benzene rings is 2. The summed E-state index contributed by atoms with van der Waals surface area (Å²) in [6.07, 6.45) is 2.08. The van der Waals surface area contributed by atoms with E-state index in [-0.39, 0.29) is 0 Å². The third-order valence-electron chi connectivity index (χ3n) is 2.75. The SMILES string of the molecule is CCOC/C=C(\Nc1ccccc1)c1ccccc1. The van der Waals surface area contributed by atoms with Gasteiger partial charge in [-0.05, 0) is 30.7 Å². The summed E-state index contributed by atoms with van der Waals surface area (Å²) in [6.45, 7) is 3.34. The summed E-state index contributed by atoms with van der Waals surface area (Å²) in [4.78, 5) is 0. The largest absolute Gasteiger partial charge is 0.378 e. The lowest BCUT2D eigenvalue weighted by Crippen LogP contribution is -2.01. The van der Waals surface area contributed by atoms with Crippen LogP contribution >= 0.6 is 0 Å². The lowest BCUT2D eigenvalue weighted by molar-refractivity contribution is 0.178. The fraction of sp³-hybridized carbons (Fsp3) is 0.176. The Morgan fingerprint density at radius 2 is 1.63 bits per heavy atom. The van der Waals surface area contributed by atoms with Crippen LogP contribution in [0.25, 0.3) is 5.70 Å². The van der Waals surface area contributed by atoms with E-state index in [0.717, 1.165) is 23.6 Å². The van der Waals surface area contributed by atoms with Gasteiger partial charge in [0.1, 0.15) is 0 Å². The van der Waals surface area contributed by atoms with E-state index in [2.05, 4.69) is 35.7 Å². The summed E-state index contributed by atoms with van der Waals surface area (Å²) < 4.78 is 5.41. The smallest absolute Gasteiger partial charge is 0.0670 e. The number of hydrogen-bond acceptors (Lipinski definition) is 2. The van der Waals surface area contributed by atoms with Crippen LogP contribution in [0.1, 0.15) is 12.5 Å². The zero-order chi connectivity index (χ0) is 13.3. The minimum Gasteiger partial charge on any atom is -0.378 e. The van der Waals surface area contributed by atoms with E-state index in [1.54, 1.807) is 0 Å². The zero-order valence-corrected chi connectivity index (χ0v) is 11.2. The van der Waals surface area contributed by atoms with Crippen molar-refractivity contribution in [2.75, 3.05) is 18.5 Å². The van der Waals surface area contributed by atoms with Crippen LogP contribution < -0.4 is 5.32 Å². The van der Waals surface area contributed by atoms with Gasteiger partial charge in [-0.25, -0.2) is 0 Å². The minimum atomic E-state index is 0.612. The van der Waals surface area contributed by atoms with Gasteiger partial charge in [0.25, 0.3) is 0 Å². The molecule has 1 N–H and O–H groups in total. The summed E-state index contributed by atoms with van der Waals surface area (Å²) in [5, 5.41) is 3.44. The summed E-state index contributed by atoms with van der Waals surface area (Å²) in [7, 11) is 0. The Balaban J connectivity index is 2.17. The van der Waals surface area contributed by atoms with Crippen LogP contribution in [0.15, 0.2) is 66.7 Å². The van der Waals surface area contributed by atoms with Gasteiger partial charge in [-0.2, -0.15) is 0 Å². The second kappa shape index (κ2) is 7.39. The third-order valence-corrected chi connectivity index (χ3v) is 2.75. The molecule has 0 saturated carbocycles. The molecule has 0 aliphatic heterocycles. The van der Waals surface area contributed by atoms with Crippen molar-refractivity contribution in [1.29, 1.82) is 0 Å². The second-order valence-corrected chi connectivity index (χ2v) is 4.13. The maximum Gasteiger partial charge on any atom is 0.0670 e. The van der Waals surface area contributed by atoms with Gasteiger partial charge in [0.15, 0.2) is 0 Å². The average molecular weight is 253 g/mol. The fourth-order valence-electron chi connectivity index (χ4n) is 1.80. The number of ether oxygens (including phenoxy) is 1. The molecule has 19 heavy (non-hydrogen) atoms. The van der Waals surface area contributed by atoms with E-state index < -0.39 is 0 Å². The van der Waals surface area contributed by atoms with Crippen LogP contribution in [0.4, 0.5) is 5.69 Å². The molecule has 98 valence electrons. The van der Waals surface area contributed by atoms with E-state index in [4.69, 9.17) is 4.74 Å². The van der Waals surface area contributed by atoms with Crippen molar-refractivity contribution in [3.05, 3.63) is 72.3 Å². The highest BCUT2D eigenvalue weighted by Gasteiger charge is 2.01. The first-order valence-electron chi connectivity index (χ1n) is 6.55. The monoisotopic (exact) mass is 253 g/mol. The highest BCUT2D eigenvalue weighted by molar-refractivity contribution is 5.76. The minimum absolute atomic E-state index is 0.612. The Hall–Kier alpha value is -2.06. The highest BCUT2D eigenvalue weighted by atomic mass is 16.5. The van der Waals surface area contributed by atoms with E-state index in [1.165, 1.54) is 0 Å². The lowest BCUT2D eigenvalue weighted by atomic mass is 10.1. The molecule has 0 unspecified atom stereocenters. The molecule has 0 amide bonds. The summed E-state index contributed by atoms with van der Waals surface area (Å²) in [5.74, 6) is 0. The van der Waals surface area contributed by atoms with Crippen molar-refractivity contribution in [2.24, 2.45) is 0 Å². The number of hydrogen-bond donors (Lipinski definition) is 1. The molecule has 0 heterocycles. The highest BCUT2D eigenvalue weighted by Crippen LogP contribution is 2.18. The van der Waals surface area contributed by atoms with Crippen molar-refractivity contribution in [2.45, 2.75) is 6.92 Å². The number of rotatable bonds is 6. The van der Waals surface area contributed by atoms with Crippen molar-refractivity contribution < 1.29 is 4.74 Å². The maximum absolute atomic E-state index is 5.41. The molecule has 0 bridgehead atoms. The molecule has 0 aromatic heterocycles. The van der Waals surface area contributed by atoms with Gasteiger partial charge in [0, 0.05) is 18.0 Å². The molecule has 2 rings (SSSR count). The van der Waals surface area contributed by atoms with Crippen LogP contribution in [0.2, 0.25) is 0 Å². The normalized spacial score (nSPS) is 11.3. The quantitative estimate of drug-likeness (QED) is 0.780. The Morgan fingerprint density at radius 1 is 1.00 bits per heavy atom. The summed E-state index contributed by atoms with van der Waals surface area (Å²) in [5.41, 5.74) is 3.31. The molecular weight excluding hydrogens is 234 g/mol.